The molecular formula is C40H48F3N5O4S. The van der Waals surface area contributed by atoms with Gasteiger partial charge in [0.15, 0.2) is 0 Å². The fourth-order valence-corrected chi connectivity index (χ4v) is 7.40. The van der Waals surface area contributed by atoms with Crippen LogP contribution in [0.15, 0.2) is 77.5 Å². The number of hydrogen-bond acceptors (Lipinski definition) is 7. The Labute approximate surface area is 312 Å². The molecule has 4 aromatic rings. The first-order chi connectivity index (χ1) is 25.5. The van der Waals surface area contributed by atoms with E-state index < -0.39 is 28.4 Å². The molecule has 0 aliphatic carbocycles. The largest absolute Gasteiger partial charge is 0.491 e. The molecule has 1 aliphatic rings. The molecule has 0 saturated carbocycles. The van der Waals surface area contributed by atoms with Crippen LogP contribution in [0.2, 0.25) is 0 Å². The van der Waals surface area contributed by atoms with E-state index in [2.05, 4.69) is 53.3 Å². The molecule has 0 bridgehead atoms. The lowest BCUT2D eigenvalue weighted by molar-refractivity contribution is -0.139. The van der Waals surface area contributed by atoms with E-state index in [1.807, 2.05) is 43.3 Å². The van der Waals surface area contributed by atoms with Crippen molar-refractivity contribution in [3.8, 4) is 16.9 Å². The van der Waals surface area contributed by atoms with Gasteiger partial charge in [-0.25, -0.2) is 0 Å². The highest BCUT2D eigenvalue weighted by Gasteiger charge is 2.36. The monoisotopic (exact) mass is 751 g/mol. The van der Waals surface area contributed by atoms with Crippen LogP contribution in [0.4, 0.5) is 24.5 Å². The average Bonchev–Trinajstić information content (AvgIpc) is 3.48. The van der Waals surface area contributed by atoms with Crippen molar-refractivity contribution in [2.24, 2.45) is 5.92 Å². The lowest BCUT2D eigenvalue weighted by Gasteiger charge is -2.27. The van der Waals surface area contributed by atoms with Crippen molar-refractivity contribution in [1.29, 1.82) is 0 Å². The van der Waals surface area contributed by atoms with Gasteiger partial charge in [-0.05, 0) is 90.4 Å². The maximum Gasteiger partial charge on any atom is 0.417 e. The Morgan fingerprint density at radius 3 is 2.47 bits per heavy atom. The summed E-state index contributed by atoms with van der Waals surface area (Å²) in [6, 6.07) is 17.3. The zero-order valence-corrected chi connectivity index (χ0v) is 31.6. The van der Waals surface area contributed by atoms with Gasteiger partial charge in [-0.2, -0.15) is 13.2 Å². The van der Waals surface area contributed by atoms with Gasteiger partial charge >= 0.3 is 6.18 Å². The van der Waals surface area contributed by atoms with Crippen LogP contribution in [-0.4, -0.2) is 57.8 Å². The van der Waals surface area contributed by atoms with Crippen molar-refractivity contribution >= 4 is 34.2 Å². The Bertz CT molecular complexity index is 1890. The Morgan fingerprint density at radius 2 is 1.75 bits per heavy atom. The van der Waals surface area contributed by atoms with Crippen LogP contribution in [0.5, 0.6) is 5.75 Å². The third-order valence-corrected chi connectivity index (χ3v) is 10.1. The van der Waals surface area contributed by atoms with Crippen LogP contribution in [0.25, 0.3) is 17.2 Å². The molecule has 1 N–H and O–H groups in total. The molecular weight excluding hydrogens is 704 g/mol. The SMILES string of the molecule is CCCCOCCOc1ccc(-c2ccc3c(c2)C=C(C(=O)Nc2ccc(S(=O)Cc4nncn4CCC)c(C(F)(F)F)c2)CCN3CC(C)C)cc1. The lowest BCUT2D eigenvalue weighted by atomic mass is 10.00. The van der Waals surface area contributed by atoms with Crippen molar-refractivity contribution in [2.45, 2.75) is 76.7 Å². The van der Waals surface area contributed by atoms with Crippen molar-refractivity contribution in [3.63, 3.8) is 0 Å². The minimum Gasteiger partial charge on any atom is -0.491 e. The predicted molar refractivity (Wildman–Crippen MR) is 203 cm³/mol. The molecule has 2 heterocycles. The number of carbonyl (C=O) groups is 1. The molecule has 1 aromatic heterocycles. The molecule has 3 aromatic carbocycles. The standard InChI is InChI=1S/C40H48F3N5O4S/c1-5-7-19-51-20-21-52-34-12-8-29(9-13-34)30-10-14-36-32(22-30)23-31(16-18-47(36)25-28(3)4)39(49)45-33-11-15-37(35(24-33)40(41,42)43)53(50)26-38-46-44-27-48(38)17-6-2/h8-15,22-24,27-28H,5-7,16-21,25-26H2,1-4H3,(H,45,49). The summed E-state index contributed by atoms with van der Waals surface area (Å²) in [6.45, 7) is 11.9. The first-order valence-corrected chi connectivity index (χ1v) is 19.5. The van der Waals surface area contributed by atoms with Gasteiger partial charge in [0, 0.05) is 43.2 Å². The maximum atomic E-state index is 14.3. The number of benzene rings is 3. The average molecular weight is 752 g/mol. The summed E-state index contributed by atoms with van der Waals surface area (Å²) in [7, 11) is -2.05. The van der Waals surface area contributed by atoms with E-state index in [0.29, 0.717) is 50.0 Å². The number of anilines is 2. The summed E-state index contributed by atoms with van der Waals surface area (Å²) in [5.74, 6) is 0.727. The number of rotatable bonds is 17. The second kappa shape index (κ2) is 18.5. The molecule has 0 fully saturated rings. The smallest absolute Gasteiger partial charge is 0.417 e. The molecule has 5 rings (SSSR count). The zero-order valence-electron chi connectivity index (χ0n) is 30.7. The molecule has 13 heteroatoms. The molecule has 1 unspecified atom stereocenters. The van der Waals surface area contributed by atoms with Crippen LogP contribution in [-0.2, 0) is 38.8 Å². The third kappa shape index (κ3) is 10.8. The number of fused-ring (bicyclic) bond motifs is 1. The van der Waals surface area contributed by atoms with Crippen LogP contribution in [0.3, 0.4) is 0 Å². The summed E-state index contributed by atoms with van der Waals surface area (Å²) in [5.41, 5.74) is 3.08. The fraction of sp³-hybridized carbons (Fsp3) is 0.425. The van der Waals surface area contributed by atoms with Crippen LogP contribution < -0.4 is 15.0 Å². The number of alkyl halides is 3. The zero-order chi connectivity index (χ0) is 38.0. The summed E-state index contributed by atoms with van der Waals surface area (Å²) in [6.07, 6.45) is 1.77. The predicted octanol–water partition coefficient (Wildman–Crippen LogP) is 8.77. The number of amides is 1. The molecule has 1 amide bonds. The Morgan fingerprint density at radius 1 is 0.981 bits per heavy atom. The number of carbonyl (C=O) groups excluding carboxylic acids is 1. The molecule has 1 atom stereocenters. The summed E-state index contributed by atoms with van der Waals surface area (Å²) < 4.78 is 69.3. The van der Waals surface area contributed by atoms with Gasteiger partial charge < -0.3 is 24.3 Å². The topological polar surface area (TPSA) is 98.6 Å². The first-order valence-electron chi connectivity index (χ1n) is 18.1. The number of nitrogens with one attached hydrogen (secondary N) is 1. The van der Waals surface area contributed by atoms with Gasteiger partial charge in [0.05, 0.1) is 33.6 Å². The van der Waals surface area contributed by atoms with E-state index in [1.165, 1.54) is 18.5 Å². The molecule has 1 aliphatic heterocycles. The maximum absolute atomic E-state index is 14.3. The van der Waals surface area contributed by atoms with Gasteiger partial charge in [0.25, 0.3) is 5.91 Å². The van der Waals surface area contributed by atoms with Crippen molar-refractivity contribution in [1.82, 2.24) is 14.8 Å². The van der Waals surface area contributed by atoms with E-state index in [1.54, 1.807) is 4.57 Å². The second-order valence-electron chi connectivity index (χ2n) is 13.5. The number of halogens is 3. The van der Waals surface area contributed by atoms with Gasteiger partial charge in [-0.1, -0.05) is 52.3 Å². The molecule has 0 saturated heterocycles. The van der Waals surface area contributed by atoms with Crippen LogP contribution in [0, 0.1) is 5.92 Å². The summed E-state index contributed by atoms with van der Waals surface area (Å²) >= 11 is 0. The van der Waals surface area contributed by atoms with Crippen LogP contribution >= 0.6 is 0 Å². The first kappa shape index (κ1) is 39.7. The van der Waals surface area contributed by atoms with Gasteiger partial charge in [-0.3, -0.25) is 9.00 Å². The number of hydrogen-bond donors (Lipinski definition) is 1. The minimum atomic E-state index is -4.80. The van der Waals surface area contributed by atoms with Crippen molar-refractivity contribution in [3.05, 3.63) is 89.5 Å². The lowest BCUT2D eigenvalue weighted by Crippen LogP contribution is -2.29. The molecule has 53 heavy (non-hydrogen) atoms. The second-order valence-corrected chi connectivity index (χ2v) is 14.9. The fourth-order valence-electron chi connectivity index (χ4n) is 6.15. The quantitative estimate of drug-likeness (QED) is 0.108. The Hall–Kier alpha value is -4.49. The molecule has 9 nitrogen and oxygen atoms in total. The highest BCUT2D eigenvalue weighted by Crippen LogP contribution is 2.37. The Kier molecular flexibility index (Phi) is 13.9. The van der Waals surface area contributed by atoms with Gasteiger partial charge in [-0.15, -0.1) is 10.2 Å². The normalized spacial score (nSPS) is 13.7. The molecule has 0 spiro atoms. The van der Waals surface area contributed by atoms with E-state index in [-0.39, 0.29) is 16.3 Å². The van der Waals surface area contributed by atoms with E-state index in [0.717, 1.165) is 66.6 Å². The van der Waals surface area contributed by atoms with E-state index >= 15 is 0 Å². The highest BCUT2D eigenvalue weighted by molar-refractivity contribution is 7.84. The molecule has 284 valence electrons. The summed E-state index contributed by atoms with van der Waals surface area (Å²) in [5, 5.41) is 10.5. The highest BCUT2D eigenvalue weighted by atomic mass is 32.2. The number of aryl methyl sites for hydroxylation is 1. The van der Waals surface area contributed by atoms with Crippen molar-refractivity contribution < 1.29 is 31.6 Å². The summed E-state index contributed by atoms with van der Waals surface area (Å²) in [4.78, 5) is 15.6. The number of unbranched alkanes of at least 4 members (excludes halogenated alkanes) is 1. The van der Waals surface area contributed by atoms with E-state index in [4.69, 9.17) is 9.47 Å². The third-order valence-electron chi connectivity index (χ3n) is 8.76. The van der Waals surface area contributed by atoms with Gasteiger partial charge in [0.2, 0.25) is 0 Å². The number of aromatic nitrogens is 3. The minimum absolute atomic E-state index is 0.0368. The van der Waals surface area contributed by atoms with E-state index in [9.17, 15) is 22.2 Å². The molecule has 0 radical (unpaired) electrons. The van der Waals surface area contributed by atoms with Crippen LogP contribution in [0.1, 0.15) is 70.3 Å². The Balaban J connectivity index is 1.36. The number of ether oxygens (including phenoxy) is 2. The number of nitrogens with zero attached hydrogens (tertiary/aromatic N) is 4. The van der Waals surface area contributed by atoms with Gasteiger partial charge in [0.1, 0.15) is 24.5 Å². The van der Waals surface area contributed by atoms with Crippen molar-refractivity contribution in [2.75, 3.05) is 43.1 Å².